The summed E-state index contributed by atoms with van der Waals surface area (Å²) in [5.41, 5.74) is 3.45. The first-order valence-corrected chi connectivity index (χ1v) is 9.51. The largest absolute Gasteiger partial charge is 0.420 e. The van der Waals surface area contributed by atoms with Crippen LogP contribution in [0.4, 0.5) is 0 Å². The second kappa shape index (κ2) is 7.09. The van der Waals surface area contributed by atoms with Crippen molar-refractivity contribution in [3.63, 3.8) is 0 Å². The van der Waals surface area contributed by atoms with Gasteiger partial charge in [0.25, 0.3) is 0 Å². The highest BCUT2D eigenvalue weighted by Gasteiger charge is 2.25. The molecule has 3 heterocycles. The van der Waals surface area contributed by atoms with Crippen molar-refractivity contribution in [2.75, 3.05) is 13.1 Å². The molecule has 0 aliphatic carbocycles. The summed E-state index contributed by atoms with van der Waals surface area (Å²) in [6.07, 6.45) is 3.00. The molecule has 2 aromatic carbocycles. The third-order valence-corrected chi connectivity index (χ3v) is 5.32. The molecule has 1 aliphatic heterocycles. The Bertz CT molecular complexity index is 1140. The highest BCUT2D eigenvalue weighted by atomic mass is 16.4. The molecule has 1 atom stereocenters. The van der Waals surface area contributed by atoms with Crippen molar-refractivity contribution >= 4 is 11.1 Å². The molecule has 7 nitrogen and oxygen atoms in total. The zero-order valence-electron chi connectivity index (χ0n) is 15.4. The van der Waals surface area contributed by atoms with Crippen LogP contribution in [0, 0.1) is 0 Å². The Kier molecular flexibility index (Phi) is 4.29. The minimum Gasteiger partial charge on any atom is -0.408 e. The van der Waals surface area contributed by atoms with Crippen LogP contribution in [0.25, 0.3) is 11.1 Å². The van der Waals surface area contributed by atoms with E-state index in [4.69, 9.17) is 4.42 Å². The van der Waals surface area contributed by atoms with Gasteiger partial charge in [-0.1, -0.05) is 47.7 Å². The Labute approximate surface area is 161 Å². The van der Waals surface area contributed by atoms with Crippen LogP contribution in [0.1, 0.15) is 23.7 Å². The summed E-state index contributed by atoms with van der Waals surface area (Å²) in [5, 5.41) is 8.61. The van der Waals surface area contributed by atoms with Crippen molar-refractivity contribution in [3.8, 4) is 0 Å². The number of likely N-dealkylation sites (tertiary alicyclic amines) is 1. The Morgan fingerprint density at radius 2 is 1.86 bits per heavy atom. The minimum absolute atomic E-state index is 0.308. The summed E-state index contributed by atoms with van der Waals surface area (Å²) in [4.78, 5) is 14.6. The molecule has 0 radical (unpaired) electrons. The van der Waals surface area contributed by atoms with Crippen LogP contribution in [-0.2, 0) is 13.1 Å². The highest BCUT2D eigenvalue weighted by Crippen LogP contribution is 2.23. The molecule has 28 heavy (non-hydrogen) atoms. The average Bonchev–Trinajstić information content (AvgIpc) is 3.43. The zero-order chi connectivity index (χ0) is 18.9. The Morgan fingerprint density at radius 1 is 1.04 bits per heavy atom. The molecule has 0 saturated carbocycles. The van der Waals surface area contributed by atoms with E-state index in [0.717, 1.165) is 37.3 Å². The molecule has 0 N–H and O–H groups in total. The topological polar surface area (TPSA) is 69.1 Å². The molecule has 1 fully saturated rings. The van der Waals surface area contributed by atoms with Crippen LogP contribution < -0.4 is 5.76 Å². The van der Waals surface area contributed by atoms with Crippen molar-refractivity contribution in [2.24, 2.45) is 0 Å². The zero-order valence-corrected chi connectivity index (χ0v) is 15.4. The molecular formula is C21H21N5O2. The molecule has 7 heteroatoms. The molecule has 1 saturated heterocycles. The Balaban J connectivity index is 1.29. The lowest BCUT2D eigenvalue weighted by atomic mass is 10.2. The van der Waals surface area contributed by atoms with E-state index in [1.54, 1.807) is 10.6 Å². The fourth-order valence-electron chi connectivity index (χ4n) is 3.90. The summed E-state index contributed by atoms with van der Waals surface area (Å²) < 4.78 is 8.83. The van der Waals surface area contributed by atoms with Crippen molar-refractivity contribution < 1.29 is 4.42 Å². The van der Waals surface area contributed by atoms with Crippen LogP contribution in [0.3, 0.4) is 0 Å². The predicted octanol–water partition coefficient (Wildman–Crippen LogP) is 2.68. The minimum atomic E-state index is -0.370. The third kappa shape index (κ3) is 3.25. The van der Waals surface area contributed by atoms with Crippen molar-refractivity contribution in [1.29, 1.82) is 0 Å². The second-order valence-corrected chi connectivity index (χ2v) is 7.27. The van der Waals surface area contributed by atoms with Gasteiger partial charge >= 0.3 is 5.76 Å². The Morgan fingerprint density at radius 3 is 2.75 bits per heavy atom. The van der Waals surface area contributed by atoms with Gasteiger partial charge in [-0.2, -0.15) is 0 Å². The monoisotopic (exact) mass is 375 g/mol. The van der Waals surface area contributed by atoms with E-state index in [1.165, 1.54) is 5.56 Å². The van der Waals surface area contributed by atoms with Crippen LogP contribution >= 0.6 is 0 Å². The Hall–Kier alpha value is -3.19. The number of fused-ring (bicyclic) bond motifs is 1. The van der Waals surface area contributed by atoms with Crippen molar-refractivity contribution in [2.45, 2.75) is 25.6 Å². The standard InChI is InChI=1S/C21H21N5O2/c27-21-25(19-8-4-5-9-20(19)28-21)13-17-14-26(23-22-17)18-10-11-24(15-18)12-16-6-2-1-3-7-16/h1-9,14,18H,10-13,15H2/t18-/m1/s1. The number of rotatable bonds is 5. The highest BCUT2D eigenvalue weighted by molar-refractivity contribution is 5.72. The van der Waals surface area contributed by atoms with E-state index in [1.807, 2.05) is 35.1 Å². The number of hydrogen-bond donors (Lipinski definition) is 0. The lowest BCUT2D eigenvalue weighted by Crippen LogP contribution is -2.21. The number of benzene rings is 2. The molecule has 5 rings (SSSR count). The number of hydrogen-bond acceptors (Lipinski definition) is 5. The molecule has 0 spiro atoms. The quantitative estimate of drug-likeness (QED) is 0.536. The van der Waals surface area contributed by atoms with E-state index in [9.17, 15) is 4.79 Å². The fourth-order valence-corrected chi connectivity index (χ4v) is 3.90. The van der Waals surface area contributed by atoms with Crippen LogP contribution in [0.5, 0.6) is 0 Å². The molecule has 0 bridgehead atoms. The van der Waals surface area contributed by atoms with Gasteiger partial charge in [-0.05, 0) is 24.1 Å². The van der Waals surface area contributed by atoms with Gasteiger partial charge in [0.2, 0.25) is 0 Å². The number of oxazole rings is 1. The summed E-state index contributed by atoms with van der Waals surface area (Å²) in [7, 11) is 0. The first-order valence-electron chi connectivity index (χ1n) is 9.51. The summed E-state index contributed by atoms with van der Waals surface area (Å²) >= 11 is 0. The van der Waals surface area contributed by atoms with Gasteiger partial charge in [0.05, 0.1) is 24.3 Å². The van der Waals surface area contributed by atoms with Crippen LogP contribution in [-0.4, -0.2) is 37.6 Å². The maximum absolute atomic E-state index is 12.2. The van der Waals surface area contributed by atoms with Gasteiger partial charge in [-0.3, -0.25) is 9.47 Å². The number of aromatic nitrogens is 4. The maximum Gasteiger partial charge on any atom is 0.420 e. The smallest absolute Gasteiger partial charge is 0.408 e. The number of para-hydroxylation sites is 2. The molecule has 4 aromatic rings. The molecule has 142 valence electrons. The van der Waals surface area contributed by atoms with Gasteiger partial charge in [0.1, 0.15) is 5.69 Å². The van der Waals surface area contributed by atoms with E-state index < -0.39 is 0 Å². The SMILES string of the molecule is O=c1oc2ccccc2n1Cc1cn([C@@H]2CCN(Cc3ccccc3)C2)nn1. The van der Waals surface area contributed by atoms with Gasteiger partial charge in [0.15, 0.2) is 5.58 Å². The molecule has 0 amide bonds. The molecular weight excluding hydrogens is 354 g/mol. The molecule has 1 aliphatic rings. The summed E-state index contributed by atoms with van der Waals surface area (Å²) in [6, 6.07) is 18.2. The van der Waals surface area contributed by atoms with Gasteiger partial charge in [0, 0.05) is 19.6 Å². The van der Waals surface area contributed by atoms with E-state index in [-0.39, 0.29) is 5.76 Å². The lowest BCUT2D eigenvalue weighted by molar-refractivity contribution is 0.310. The van der Waals surface area contributed by atoms with E-state index in [2.05, 4.69) is 39.5 Å². The average molecular weight is 375 g/mol. The first-order chi connectivity index (χ1) is 13.8. The molecule has 2 aromatic heterocycles. The third-order valence-electron chi connectivity index (χ3n) is 5.32. The van der Waals surface area contributed by atoms with E-state index in [0.29, 0.717) is 18.2 Å². The van der Waals surface area contributed by atoms with E-state index >= 15 is 0 Å². The summed E-state index contributed by atoms with van der Waals surface area (Å²) in [6.45, 7) is 3.30. The van der Waals surface area contributed by atoms with Gasteiger partial charge < -0.3 is 4.42 Å². The molecule has 0 unspecified atom stereocenters. The van der Waals surface area contributed by atoms with Crippen molar-refractivity contribution in [1.82, 2.24) is 24.5 Å². The van der Waals surface area contributed by atoms with Crippen LogP contribution in [0.15, 0.2) is 70.0 Å². The predicted molar refractivity (Wildman–Crippen MR) is 105 cm³/mol. The maximum atomic E-state index is 12.2. The fraction of sp³-hybridized carbons (Fsp3) is 0.286. The second-order valence-electron chi connectivity index (χ2n) is 7.27. The first kappa shape index (κ1) is 16.9. The lowest BCUT2D eigenvalue weighted by Gasteiger charge is -2.15. The van der Waals surface area contributed by atoms with Crippen LogP contribution in [0.2, 0.25) is 0 Å². The number of nitrogens with zero attached hydrogens (tertiary/aromatic N) is 5. The normalized spacial score (nSPS) is 17.5. The van der Waals surface area contributed by atoms with Crippen molar-refractivity contribution in [3.05, 3.63) is 82.6 Å². The summed E-state index contributed by atoms with van der Waals surface area (Å²) in [5.74, 6) is -0.370. The van der Waals surface area contributed by atoms with Gasteiger partial charge in [-0.15, -0.1) is 5.10 Å². The van der Waals surface area contributed by atoms with Gasteiger partial charge in [-0.25, -0.2) is 9.48 Å².